The zero-order valence-electron chi connectivity index (χ0n) is 62.0. The molecule has 0 aliphatic heterocycles. The molecular formula is C78H103ClN14O13. The number of halogens is 1. The van der Waals surface area contributed by atoms with Crippen LogP contribution in [-0.2, 0) is 45.5 Å². The summed E-state index contributed by atoms with van der Waals surface area (Å²) >= 11 is 6.57. The molecular weight excluding hydrogens is 1380 g/mol. The SMILES string of the molecule is CC(=O)c1c([C@@](C)(C(=O)N(CCCC(=O)[C@H](CCCCNC(C)C)NC(=O)[C@H](CC(C)C)NC(=O)[C@@H](CCCCNC(=O)c2cccnc2)NC(=O)[C@H](Cc2ccc(O)cc2)NC(=O)[C@H](CO)NC(=O)[C@H](C)N)c2cccnc2C(=O)[C@H](C)N)N(C)c2ccc(Cl)cc2C(=O)[C@H](C)N)ccc2ccccc12. The molecule has 0 bridgehead atoms. The first kappa shape index (κ1) is 85.0. The number of amides is 7. The van der Waals surface area contributed by atoms with Gasteiger partial charge >= 0.3 is 0 Å². The highest BCUT2D eigenvalue weighted by atomic mass is 35.5. The van der Waals surface area contributed by atoms with Crippen LogP contribution in [0.3, 0.4) is 0 Å². The minimum Gasteiger partial charge on any atom is -0.508 e. The van der Waals surface area contributed by atoms with Crippen molar-refractivity contribution in [1.29, 1.82) is 0 Å². The van der Waals surface area contributed by atoms with Crippen LogP contribution in [0.15, 0.2) is 122 Å². The molecule has 0 aliphatic rings. The number of phenols is 1. The van der Waals surface area contributed by atoms with Gasteiger partial charge in [-0.2, -0.15) is 0 Å². The molecule has 4 aromatic carbocycles. The number of nitrogens with one attached hydrogen (secondary N) is 7. The minimum absolute atomic E-state index is 0.0165. The number of aromatic nitrogens is 2. The highest BCUT2D eigenvalue weighted by molar-refractivity contribution is 6.31. The normalized spacial score (nSPS) is 14.2. The largest absolute Gasteiger partial charge is 0.508 e. The number of pyridine rings is 2. The van der Waals surface area contributed by atoms with Crippen LogP contribution in [0.4, 0.5) is 11.4 Å². The lowest BCUT2D eigenvalue weighted by Crippen LogP contribution is -2.60. The number of nitrogens with zero attached hydrogens (tertiary/aromatic N) is 4. The summed E-state index contributed by atoms with van der Waals surface area (Å²) in [6, 6.07) is 17.2. The van der Waals surface area contributed by atoms with Crippen LogP contribution in [0, 0.1) is 5.92 Å². The Morgan fingerprint density at radius 1 is 0.613 bits per heavy atom. The molecule has 0 saturated heterocycles. The molecule has 15 N–H and O–H groups in total. The number of carbonyl (C=O) groups is 11. The highest BCUT2D eigenvalue weighted by Crippen LogP contribution is 2.42. The van der Waals surface area contributed by atoms with E-state index in [4.69, 9.17) is 28.8 Å². The molecule has 27 nitrogen and oxygen atoms in total. The van der Waals surface area contributed by atoms with Crippen molar-refractivity contribution in [2.75, 3.05) is 43.1 Å². The summed E-state index contributed by atoms with van der Waals surface area (Å²) in [5.41, 5.74) is 17.6. The fourth-order valence-electron chi connectivity index (χ4n) is 12.3. The van der Waals surface area contributed by atoms with E-state index >= 15 is 19.2 Å². The zero-order valence-corrected chi connectivity index (χ0v) is 62.8. The number of anilines is 2. The Morgan fingerprint density at radius 2 is 1.22 bits per heavy atom. The Kier molecular flexibility index (Phi) is 32.5. The van der Waals surface area contributed by atoms with E-state index in [1.807, 2.05) is 39.8 Å². The van der Waals surface area contributed by atoms with Crippen LogP contribution in [0.1, 0.15) is 173 Å². The number of hydrogen-bond donors (Lipinski definition) is 12. The van der Waals surface area contributed by atoms with Crippen molar-refractivity contribution in [3.8, 4) is 5.75 Å². The number of likely N-dealkylation sites (N-methyl/N-ethyl adjacent to an activating group) is 1. The number of carbonyl (C=O) groups excluding carboxylic acids is 11. The lowest BCUT2D eigenvalue weighted by atomic mass is 9.81. The van der Waals surface area contributed by atoms with E-state index in [0.717, 1.165) is 0 Å². The molecule has 7 amide bonds. The van der Waals surface area contributed by atoms with E-state index in [9.17, 15) is 43.8 Å². The number of ketones is 4. The van der Waals surface area contributed by atoms with Crippen molar-refractivity contribution < 1.29 is 63.0 Å². The number of hydrogen-bond acceptors (Lipinski definition) is 20. The molecule has 106 heavy (non-hydrogen) atoms. The number of benzene rings is 4. The third-order valence-corrected chi connectivity index (χ3v) is 18.4. The number of aliphatic hydroxyl groups excluding tert-OH is 1. The van der Waals surface area contributed by atoms with E-state index in [1.54, 1.807) is 67.4 Å². The number of unbranched alkanes of at least 4 members (excludes halogenated alkanes) is 2. The Hall–Kier alpha value is -9.90. The molecule has 0 fully saturated rings. The summed E-state index contributed by atoms with van der Waals surface area (Å²) in [5, 5.41) is 41.4. The van der Waals surface area contributed by atoms with Gasteiger partial charge < -0.3 is 74.4 Å². The van der Waals surface area contributed by atoms with Gasteiger partial charge in [0.25, 0.3) is 11.8 Å². The van der Waals surface area contributed by atoms with E-state index in [-0.39, 0.29) is 115 Å². The fraction of sp³-hybridized carbons (Fsp3) is 0.449. The molecule has 0 unspecified atom stereocenters. The molecule has 570 valence electrons. The second-order valence-electron chi connectivity index (χ2n) is 27.6. The summed E-state index contributed by atoms with van der Waals surface area (Å²) in [6.45, 7) is 14.5. The number of aromatic hydroxyl groups is 1. The topological polar surface area (TPSA) is 423 Å². The molecule has 0 radical (unpaired) electrons. The van der Waals surface area contributed by atoms with E-state index in [0.29, 0.717) is 47.7 Å². The van der Waals surface area contributed by atoms with Crippen LogP contribution in [-0.4, -0.2) is 172 Å². The van der Waals surface area contributed by atoms with Crippen molar-refractivity contribution in [2.45, 2.75) is 186 Å². The molecule has 6 aromatic rings. The van der Waals surface area contributed by atoms with E-state index < -0.39 is 125 Å². The van der Waals surface area contributed by atoms with E-state index in [1.165, 1.54) is 93.6 Å². The maximum atomic E-state index is 16.7. The smallest absolute Gasteiger partial charge is 0.257 e. The first-order valence-electron chi connectivity index (χ1n) is 35.8. The molecule has 0 aliphatic carbocycles. The Balaban J connectivity index is 1.38. The van der Waals surface area contributed by atoms with Crippen LogP contribution in [0.25, 0.3) is 10.8 Å². The zero-order chi connectivity index (χ0) is 78.1. The van der Waals surface area contributed by atoms with Gasteiger partial charge in [-0.25, -0.2) is 0 Å². The Morgan fingerprint density at radius 3 is 1.85 bits per heavy atom. The molecule has 6 rings (SSSR count). The van der Waals surface area contributed by atoms with Crippen molar-refractivity contribution >= 4 is 98.2 Å². The number of Topliss-reactive ketones (excluding diaryl/α,β-unsaturated/α-hetero) is 4. The maximum absolute atomic E-state index is 16.7. The first-order valence-corrected chi connectivity index (χ1v) is 36.2. The summed E-state index contributed by atoms with van der Waals surface area (Å²) in [4.78, 5) is 170. The van der Waals surface area contributed by atoms with Crippen LogP contribution in [0.2, 0.25) is 5.02 Å². The fourth-order valence-corrected chi connectivity index (χ4v) is 12.4. The number of fused-ring (bicyclic) bond motifs is 1. The predicted octanol–water partition coefficient (Wildman–Crippen LogP) is 5.81. The second kappa shape index (κ2) is 40.6. The molecule has 2 aromatic heterocycles. The van der Waals surface area contributed by atoms with Gasteiger partial charge in [-0.1, -0.05) is 87.8 Å². The molecule has 9 atom stereocenters. The van der Waals surface area contributed by atoms with Crippen molar-refractivity contribution in [1.82, 2.24) is 47.2 Å². The molecule has 2 heterocycles. The average molecular weight is 1480 g/mol. The second-order valence-corrected chi connectivity index (χ2v) is 28.1. The van der Waals surface area contributed by atoms with Gasteiger partial charge in [0.15, 0.2) is 23.1 Å². The van der Waals surface area contributed by atoms with Crippen LogP contribution >= 0.6 is 11.6 Å². The van der Waals surface area contributed by atoms with Gasteiger partial charge in [0.05, 0.1) is 42.0 Å². The minimum atomic E-state index is -1.98. The van der Waals surface area contributed by atoms with Gasteiger partial charge in [0.2, 0.25) is 29.5 Å². The first-order chi connectivity index (χ1) is 50.3. The van der Waals surface area contributed by atoms with Gasteiger partial charge in [0.1, 0.15) is 41.1 Å². The standard InChI is InChI=1S/C78H103ClN14O13/c1-45(2)40-61(89-73(102)60(24-14-16-37-86-72(101)53-21-17-35-83-43-53)88-75(104)62(41-51-27-31-55(96)32-28-51)90-76(105)63(44-94)91-71(100)49(7)82)74(103)87-59(23-13-15-36-84-46(3)4)66(97)26-19-39-93(65-25-18-38-85-68(65)70(99)48(6)81)77(106)78(9,58-33-29-52-20-11-12-22-56(52)67(58)50(8)95)92(10)64-34-30-54(79)42-57(64)69(98)47(5)80/h11-12,17-18,20-22,25,27-35,38,42-43,45-49,59-63,84,94,96H,13-16,19,23-24,26,36-37,39-41,44,80-82H2,1-10H3,(H,86,101)(H,87,103)(H,88,104)(H,89,102)(H,90,105)(H,91,100)/t47-,48-,49-,59-,60+,61-,62-,63-,78-/m0/s1. The highest BCUT2D eigenvalue weighted by Gasteiger charge is 2.47. The lowest BCUT2D eigenvalue weighted by Gasteiger charge is -2.44. The third-order valence-electron chi connectivity index (χ3n) is 18.2. The van der Waals surface area contributed by atoms with Crippen molar-refractivity contribution in [3.63, 3.8) is 0 Å². The lowest BCUT2D eigenvalue weighted by molar-refractivity contribution is -0.135. The van der Waals surface area contributed by atoms with Gasteiger partial charge in [-0.15, -0.1) is 0 Å². The maximum Gasteiger partial charge on any atom is 0.257 e. The third kappa shape index (κ3) is 23.6. The monoisotopic (exact) mass is 1480 g/mol. The van der Waals surface area contributed by atoms with Gasteiger partial charge in [0, 0.05) is 79.4 Å². The van der Waals surface area contributed by atoms with Crippen LogP contribution < -0.4 is 64.2 Å². The molecule has 28 heteroatoms. The van der Waals surface area contributed by atoms with Crippen molar-refractivity contribution in [2.24, 2.45) is 23.1 Å². The summed E-state index contributed by atoms with van der Waals surface area (Å²) in [6.07, 6.45) is 5.33. The molecule has 0 spiro atoms. The molecule has 0 saturated carbocycles. The number of phenolic OH excluding ortho intramolecular Hbond substituents is 1. The number of aliphatic hydroxyl groups is 1. The summed E-state index contributed by atoms with van der Waals surface area (Å²) in [5.74, 6) is -7.63. The summed E-state index contributed by atoms with van der Waals surface area (Å²) in [7, 11) is 1.59. The quantitative estimate of drug-likeness (QED) is 0.0159. The van der Waals surface area contributed by atoms with Gasteiger partial charge in [-0.05, 0) is 175 Å². The van der Waals surface area contributed by atoms with Crippen LogP contribution in [0.5, 0.6) is 5.75 Å². The predicted molar refractivity (Wildman–Crippen MR) is 407 cm³/mol. The van der Waals surface area contributed by atoms with Gasteiger partial charge in [-0.3, -0.25) is 62.7 Å². The Bertz CT molecular complexity index is 4060. The van der Waals surface area contributed by atoms with E-state index in [2.05, 4.69) is 47.2 Å². The van der Waals surface area contributed by atoms with Crippen molar-refractivity contribution in [3.05, 3.63) is 160 Å². The summed E-state index contributed by atoms with van der Waals surface area (Å²) < 4.78 is 0. The number of nitrogens with two attached hydrogens (primary N) is 3. The average Bonchev–Trinajstić information content (AvgIpc) is 0.730. The number of rotatable bonds is 42. The Labute approximate surface area is 624 Å².